The minimum absolute atomic E-state index is 0.0345. The third kappa shape index (κ3) is 4.39. The molecule has 2 heterocycles. The number of aromatic amines is 1. The maximum Gasteiger partial charge on any atom is 0.230 e. The number of benzene rings is 1. The summed E-state index contributed by atoms with van der Waals surface area (Å²) in [6.07, 6.45) is 4.49. The van der Waals surface area contributed by atoms with Crippen LogP contribution < -0.4 is 5.32 Å². The van der Waals surface area contributed by atoms with Crippen LogP contribution in [0.25, 0.3) is 22.2 Å². The number of hydrogen-bond donors (Lipinski definition) is 2. The molecule has 0 fully saturated rings. The Balaban J connectivity index is 1.71. The van der Waals surface area contributed by atoms with Gasteiger partial charge in [0.05, 0.1) is 11.3 Å². The molecule has 5 nitrogen and oxygen atoms in total. The Morgan fingerprint density at radius 2 is 2.04 bits per heavy atom. The molecule has 3 aromatic rings. The Kier molecular flexibility index (Phi) is 5.71. The van der Waals surface area contributed by atoms with Crippen LogP contribution in [0.4, 0.5) is 0 Å². The highest BCUT2D eigenvalue weighted by atomic mass is 32.2. The SMILES string of the molecule is CC(C)CCNC(=O)CSc1ncnc2c(-c3ccccc3)c[nH]c12. The zero-order valence-electron chi connectivity index (χ0n) is 14.5. The van der Waals surface area contributed by atoms with Crippen molar-refractivity contribution in [3.8, 4) is 11.1 Å². The van der Waals surface area contributed by atoms with Gasteiger partial charge in [-0.05, 0) is 17.9 Å². The molecule has 0 saturated carbocycles. The number of carbonyl (C=O) groups is 1. The van der Waals surface area contributed by atoms with Crippen LogP contribution in [0.3, 0.4) is 0 Å². The molecule has 1 amide bonds. The van der Waals surface area contributed by atoms with Crippen molar-refractivity contribution in [3.05, 3.63) is 42.9 Å². The van der Waals surface area contributed by atoms with Crippen molar-refractivity contribution in [3.63, 3.8) is 0 Å². The second-order valence-electron chi connectivity index (χ2n) is 6.29. The Bertz CT molecular complexity index is 845. The van der Waals surface area contributed by atoms with E-state index >= 15 is 0 Å². The second kappa shape index (κ2) is 8.16. The first-order valence-corrected chi connectivity index (χ1v) is 9.40. The molecule has 0 aliphatic heterocycles. The Morgan fingerprint density at radius 1 is 1.24 bits per heavy atom. The van der Waals surface area contributed by atoms with Gasteiger partial charge in [0.2, 0.25) is 5.91 Å². The lowest BCUT2D eigenvalue weighted by Crippen LogP contribution is -2.26. The zero-order valence-corrected chi connectivity index (χ0v) is 15.3. The highest BCUT2D eigenvalue weighted by Gasteiger charge is 2.13. The summed E-state index contributed by atoms with van der Waals surface area (Å²) in [4.78, 5) is 24.0. The van der Waals surface area contributed by atoms with Crippen molar-refractivity contribution < 1.29 is 4.79 Å². The first kappa shape index (κ1) is 17.5. The van der Waals surface area contributed by atoms with Gasteiger partial charge in [-0.3, -0.25) is 4.79 Å². The topological polar surface area (TPSA) is 70.7 Å². The summed E-state index contributed by atoms with van der Waals surface area (Å²) in [6.45, 7) is 5.01. The Morgan fingerprint density at radius 3 is 2.80 bits per heavy atom. The largest absolute Gasteiger partial charge is 0.357 e. The van der Waals surface area contributed by atoms with E-state index in [0.717, 1.165) is 40.2 Å². The standard InChI is InChI=1S/C19H22N4OS/c1-13(2)8-9-20-16(24)11-25-19-18-17(22-12-23-19)15(10-21-18)14-6-4-3-5-7-14/h3-7,10,12-13,21H,8-9,11H2,1-2H3,(H,20,24). The molecule has 6 heteroatoms. The molecular formula is C19H22N4OS. The van der Waals surface area contributed by atoms with Crippen LogP contribution in [0.2, 0.25) is 0 Å². The van der Waals surface area contributed by atoms with Crippen LogP contribution in [-0.2, 0) is 4.79 Å². The third-order valence-corrected chi connectivity index (χ3v) is 4.89. The second-order valence-corrected chi connectivity index (χ2v) is 7.26. The minimum Gasteiger partial charge on any atom is -0.357 e. The molecule has 0 radical (unpaired) electrons. The van der Waals surface area contributed by atoms with Crippen LogP contribution >= 0.6 is 11.8 Å². The van der Waals surface area contributed by atoms with E-state index < -0.39 is 0 Å². The van der Waals surface area contributed by atoms with Crippen LogP contribution in [0.5, 0.6) is 0 Å². The lowest BCUT2D eigenvalue weighted by Gasteiger charge is -2.07. The summed E-state index contributed by atoms with van der Waals surface area (Å²) in [7, 11) is 0. The number of hydrogen-bond acceptors (Lipinski definition) is 4. The van der Waals surface area contributed by atoms with E-state index in [1.54, 1.807) is 6.33 Å². The summed E-state index contributed by atoms with van der Waals surface area (Å²) >= 11 is 1.43. The van der Waals surface area contributed by atoms with Gasteiger partial charge in [0.25, 0.3) is 0 Å². The highest BCUT2D eigenvalue weighted by molar-refractivity contribution is 8.00. The molecule has 0 aliphatic carbocycles. The molecule has 0 spiro atoms. The molecule has 1 aromatic carbocycles. The highest BCUT2D eigenvalue weighted by Crippen LogP contribution is 2.31. The molecule has 0 aliphatic rings. The summed E-state index contributed by atoms with van der Waals surface area (Å²) in [5.41, 5.74) is 3.90. The van der Waals surface area contributed by atoms with Crippen molar-refractivity contribution in [1.29, 1.82) is 0 Å². The number of H-pyrrole nitrogens is 1. The van der Waals surface area contributed by atoms with Gasteiger partial charge in [-0.15, -0.1) is 0 Å². The summed E-state index contributed by atoms with van der Waals surface area (Å²) < 4.78 is 0. The van der Waals surface area contributed by atoms with Crippen molar-refractivity contribution in [2.75, 3.05) is 12.3 Å². The fourth-order valence-electron chi connectivity index (χ4n) is 2.55. The number of rotatable bonds is 7. The lowest BCUT2D eigenvalue weighted by molar-refractivity contribution is -0.118. The third-order valence-electron chi connectivity index (χ3n) is 3.90. The van der Waals surface area contributed by atoms with E-state index in [1.165, 1.54) is 11.8 Å². The first-order chi connectivity index (χ1) is 12.1. The smallest absolute Gasteiger partial charge is 0.230 e. The van der Waals surface area contributed by atoms with Gasteiger partial charge in [-0.1, -0.05) is 55.9 Å². The maximum absolute atomic E-state index is 12.0. The van der Waals surface area contributed by atoms with E-state index in [-0.39, 0.29) is 5.91 Å². The molecule has 0 unspecified atom stereocenters. The fraction of sp³-hybridized carbons (Fsp3) is 0.316. The first-order valence-electron chi connectivity index (χ1n) is 8.42. The van der Waals surface area contributed by atoms with Gasteiger partial charge < -0.3 is 10.3 Å². The average Bonchev–Trinajstić information content (AvgIpc) is 3.05. The van der Waals surface area contributed by atoms with Crippen molar-refractivity contribution in [2.45, 2.75) is 25.3 Å². The molecule has 25 heavy (non-hydrogen) atoms. The lowest BCUT2D eigenvalue weighted by atomic mass is 10.1. The van der Waals surface area contributed by atoms with Crippen LogP contribution in [0.1, 0.15) is 20.3 Å². The van der Waals surface area contributed by atoms with Gasteiger partial charge in [0.1, 0.15) is 16.9 Å². The van der Waals surface area contributed by atoms with E-state index in [1.807, 2.05) is 24.4 Å². The van der Waals surface area contributed by atoms with Crippen molar-refractivity contribution >= 4 is 28.7 Å². The van der Waals surface area contributed by atoms with Gasteiger partial charge in [0.15, 0.2) is 0 Å². The summed E-state index contributed by atoms with van der Waals surface area (Å²) in [5.74, 6) is 0.973. The van der Waals surface area contributed by atoms with E-state index in [0.29, 0.717) is 11.7 Å². The summed E-state index contributed by atoms with van der Waals surface area (Å²) in [6, 6.07) is 10.1. The molecular weight excluding hydrogens is 332 g/mol. The van der Waals surface area contributed by atoms with Crippen LogP contribution in [0, 0.1) is 5.92 Å². The molecule has 0 bridgehead atoms. The van der Waals surface area contributed by atoms with Gasteiger partial charge in [-0.2, -0.15) is 0 Å². The van der Waals surface area contributed by atoms with Gasteiger partial charge in [-0.25, -0.2) is 9.97 Å². The number of carbonyl (C=O) groups excluding carboxylic acids is 1. The predicted octanol–water partition coefficient (Wildman–Crippen LogP) is 3.88. The number of amides is 1. The maximum atomic E-state index is 12.0. The molecule has 0 saturated heterocycles. The molecule has 130 valence electrons. The minimum atomic E-state index is 0.0345. The zero-order chi connectivity index (χ0) is 17.6. The monoisotopic (exact) mass is 354 g/mol. The molecule has 2 N–H and O–H groups in total. The van der Waals surface area contributed by atoms with E-state index in [2.05, 4.69) is 46.2 Å². The van der Waals surface area contributed by atoms with Crippen LogP contribution in [-0.4, -0.2) is 33.2 Å². The number of nitrogens with zero attached hydrogens (tertiary/aromatic N) is 2. The molecule has 2 aromatic heterocycles. The van der Waals surface area contributed by atoms with Crippen LogP contribution in [0.15, 0.2) is 47.9 Å². The Hall–Kier alpha value is -2.34. The number of nitrogens with one attached hydrogen (secondary N) is 2. The van der Waals surface area contributed by atoms with E-state index in [4.69, 9.17) is 0 Å². The fourth-order valence-corrected chi connectivity index (χ4v) is 3.34. The van der Waals surface area contributed by atoms with E-state index in [9.17, 15) is 4.79 Å². The quantitative estimate of drug-likeness (QED) is 0.499. The van der Waals surface area contributed by atoms with Crippen molar-refractivity contribution in [2.24, 2.45) is 5.92 Å². The van der Waals surface area contributed by atoms with Gasteiger partial charge >= 0.3 is 0 Å². The number of aromatic nitrogens is 3. The van der Waals surface area contributed by atoms with Crippen molar-refractivity contribution in [1.82, 2.24) is 20.3 Å². The average molecular weight is 354 g/mol. The van der Waals surface area contributed by atoms with Gasteiger partial charge in [0, 0.05) is 18.3 Å². The number of thioether (sulfide) groups is 1. The molecule has 3 rings (SSSR count). The number of fused-ring (bicyclic) bond motifs is 1. The predicted molar refractivity (Wildman–Crippen MR) is 103 cm³/mol. The normalized spacial score (nSPS) is 11.2. The summed E-state index contributed by atoms with van der Waals surface area (Å²) in [5, 5.41) is 3.75. The molecule has 0 atom stereocenters. The Labute approximate surface area is 151 Å².